The minimum atomic E-state index is -1.50. The Hall–Kier alpha value is -2.92. The standard InChI is InChI=1S/C25H33N5O2S.C3H8O2/c1-4-18(16-31)12-13-26-23-22(24-28-20-10-5-6-11-21(20)33-24)17(2)30(3)25(29-23)27-15-19-9-7-8-14-32-19;1-3(2,4)5/h5-11,17-18,26,31H,4,12-16H2,1-3H3,(H,27,29);4-5H,1-2H3. The zero-order valence-electron chi connectivity index (χ0n) is 22.9. The molecule has 1 aromatic carbocycles. The molecule has 2 aromatic rings. The molecule has 10 heteroatoms. The van der Waals surface area contributed by atoms with Gasteiger partial charge in [-0.25, -0.2) is 9.98 Å². The molecule has 38 heavy (non-hydrogen) atoms. The fourth-order valence-corrected chi connectivity index (χ4v) is 5.03. The summed E-state index contributed by atoms with van der Waals surface area (Å²) in [6.45, 7) is 8.94. The smallest absolute Gasteiger partial charge is 0.200 e. The SMILES string of the molecule is CC(C)(O)O.CCC(CO)CCNC1=C(c2nc3ccccc3s2)C(C)N(C)C(=NCC2=CC=CCO2)N1. The molecule has 0 fully saturated rings. The average molecular weight is 544 g/mol. The Morgan fingerprint density at radius 3 is 2.68 bits per heavy atom. The molecule has 1 aromatic heterocycles. The second-order valence-corrected chi connectivity index (χ2v) is 10.9. The van der Waals surface area contributed by atoms with Gasteiger partial charge in [0.1, 0.15) is 29.7 Å². The molecule has 208 valence electrons. The summed E-state index contributed by atoms with van der Waals surface area (Å²) >= 11 is 1.71. The first-order valence-corrected chi connectivity index (χ1v) is 13.8. The normalized spacial score (nSPS) is 19.5. The van der Waals surface area contributed by atoms with Crippen LogP contribution in [-0.4, -0.2) is 76.3 Å². The second kappa shape index (κ2) is 13.7. The van der Waals surface area contributed by atoms with Gasteiger partial charge in [-0.3, -0.25) is 0 Å². The predicted octanol–water partition coefficient (Wildman–Crippen LogP) is 3.42. The van der Waals surface area contributed by atoms with Gasteiger partial charge in [-0.15, -0.1) is 11.3 Å². The lowest BCUT2D eigenvalue weighted by Crippen LogP contribution is -2.52. The average Bonchev–Trinajstić information content (AvgIpc) is 3.31. The largest absolute Gasteiger partial charge is 0.492 e. The maximum absolute atomic E-state index is 9.57. The first-order chi connectivity index (χ1) is 18.1. The van der Waals surface area contributed by atoms with E-state index in [0.717, 1.165) is 53.0 Å². The van der Waals surface area contributed by atoms with Gasteiger partial charge in [0.15, 0.2) is 11.7 Å². The Morgan fingerprint density at radius 2 is 2.05 bits per heavy atom. The van der Waals surface area contributed by atoms with E-state index in [1.807, 2.05) is 30.4 Å². The number of nitrogens with one attached hydrogen (secondary N) is 2. The van der Waals surface area contributed by atoms with Crippen LogP contribution < -0.4 is 10.6 Å². The van der Waals surface area contributed by atoms with Crippen molar-refractivity contribution < 1.29 is 20.1 Å². The van der Waals surface area contributed by atoms with Gasteiger partial charge in [0.25, 0.3) is 0 Å². The number of aliphatic hydroxyl groups excluding tert-OH is 1. The lowest BCUT2D eigenvalue weighted by atomic mass is 10.0. The molecular weight excluding hydrogens is 502 g/mol. The van der Waals surface area contributed by atoms with E-state index >= 15 is 0 Å². The predicted molar refractivity (Wildman–Crippen MR) is 154 cm³/mol. The molecule has 5 N–H and O–H groups in total. The van der Waals surface area contributed by atoms with Crippen molar-refractivity contribution in [3.05, 3.63) is 59.1 Å². The van der Waals surface area contributed by atoms with Gasteiger partial charge < -0.3 is 35.6 Å². The number of hydrogen-bond donors (Lipinski definition) is 5. The van der Waals surface area contributed by atoms with Gasteiger partial charge in [0.05, 0.1) is 21.8 Å². The van der Waals surface area contributed by atoms with E-state index in [2.05, 4.69) is 48.6 Å². The zero-order valence-corrected chi connectivity index (χ0v) is 23.8. The van der Waals surface area contributed by atoms with Gasteiger partial charge in [0.2, 0.25) is 0 Å². The van der Waals surface area contributed by atoms with Gasteiger partial charge in [-0.1, -0.05) is 31.6 Å². The maximum Gasteiger partial charge on any atom is 0.200 e. The van der Waals surface area contributed by atoms with E-state index < -0.39 is 5.79 Å². The van der Waals surface area contributed by atoms with E-state index in [4.69, 9.17) is 24.9 Å². The van der Waals surface area contributed by atoms with Crippen molar-refractivity contribution in [1.29, 1.82) is 0 Å². The van der Waals surface area contributed by atoms with Crippen LogP contribution in [0.4, 0.5) is 0 Å². The Labute approximate surface area is 229 Å². The lowest BCUT2D eigenvalue weighted by Gasteiger charge is -2.37. The van der Waals surface area contributed by atoms with Crippen LogP contribution >= 0.6 is 11.3 Å². The summed E-state index contributed by atoms with van der Waals surface area (Å²) in [6, 6.07) is 8.32. The third kappa shape index (κ3) is 8.56. The highest BCUT2D eigenvalue weighted by atomic mass is 32.1. The molecule has 0 spiro atoms. The van der Waals surface area contributed by atoms with Crippen LogP contribution in [0.2, 0.25) is 0 Å². The van der Waals surface area contributed by atoms with E-state index in [9.17, 15) is 5.11 Å². The van der Waals surface area contributed by atoms with Crippen LogP contribution in [-0.2, 0) is 4.74 Å². The first kappa shape index (κ1) is 29.6. The van der Waals surface area contributed by atoms with Gasteiger partial charge >= 0.3 is 0 Å². The Morgan fingerprint density at radius 1 is 1.32 bits per heavy atom. The number of aromatic nitrogens is 1. The number of allylic oxidation sites excluding steroid dienone is 2. The minimum Gasteiger partial charge on any atom is -0.492 e. The van der Waals surface area contributed by atoms with Crippen molar-refractivity contribution in [1.82, 2.24) is 20.5 Å². The van der Waals surface area contributed by atoms with Crippen LogP contribution in [0.15, 0.2) is 59.1 Å². The Balaban J connectivity index is 0.000000732. The number of fused-ring (bicyclic) bond motifs is 1. The summed E-state index contributed by atoms with van der Waals surface area (Å²) in [6.07, 6.45) is 7.80. The summed E-state index contributed by atoms with van der Waals surface area (Å²) in [5, 5.41) is 33.8. The topological polar surface area (TPSA) is 122 Å². The number of para-hydroxylation sites is 1. The summed E-state index contributed by atoms with van der Waals surface area (Å²) in [4.78, 5) is 11.9. The highest BCUT2D eigenvalue weighted by Gasteiger charge is 2.31. The summed E-state index contributed by atoms with van der Waals surface area (Å²) < 4.78 is 6.83. The molecule has 0 amide bonds. The zero-order chi connectivity index (χ0) is 27.7. The van der Waals surface area contributed by atoms with Gasteiger partial charge in [0, 0.05) is 20.2 Å². The number of hydrogen-bond acceptors (Lipinski definition) is 8. The van der Waals surface area contributed by atoms with Gasteiger partial charge in [-0.05, 0) is 57.4 Å². The van der Waals surface area contributed by atoms with Crippen molar-refractivity contribution in [2.24, 2.45) is 10.9 Å². The van der Waals surface area contributed by atoms with E-state index in [1.165, 1.54) is 18.5 Å². The maximum atomic E-state index is 9.57. The quantitative estimate of drug-likeness (QED) is 0.305. The molecule has 2 aliphatic heterocycles. The van der Waals surface area contributed by atoms with E-state index in [-0.39, 0.29) is 12.6 Å². The monoisotopic (exact) mass is 543 g/mol. The van der Waals surface area contributed by atoms with Crippen molar-refractivity contribution in [3.63, 3.8) is 0 Å². The highest BCUT2D eigenvalue weighted by Crippen LogP contribution is 2.33. The lowest BCUT2D eigenvalue weighted by molar-refractivity contribution is -0.127. The van der Waals surface area contributed by atoms with Gasteiger partial charge in [-0.2, -0.15) is 0 Å². The molecular formula is C28H41N5O4S. The highest BCUT2D eigenvalue weighted by molar-refractivity contribution is 7.19. The number of nitrogens with zero attached hydrogens (tertiary/aromatic N) is 3. The van der Waals surface area contributed by atoms with Crippen molar-refractivity contribution in [3.8, 4) is 0 Å². The molecule has 4 rings (SSSR count). The Bertz CT molecular complexity index is 1140. The molecule has 0 saturated heterocycles. The summed E-state index contributed by atoms with van der Waals surface area (Å²) in [5.41, 5.74) is 2.14. The van der Waals surface area contributed by atoms with Crippen LogP contribution in [0.3, 0.4) is 0 Å². The molecule has 0 saturated carbocycles. The fraction of sp³-hybridized carbons (Fsp3) is 0.500. The third-order valence-electron chi connectivity index (χ3n) is 6.22. The first-order valence-electron chi connectivity index (χ1n) is 13.0. The van der Waals surface area contributed by atoms with Crippen LogP contribution in [0.1, 0.15) is 45.5 Å². The number of aliphatic imine (C=N–C) groups is 1. The van der Waals surface area contributed by atoms with Crippen molar-refractivity contribution in [2.75, 3.05) is 33.4 Å². The van der Waals surface area contributed by atoms with E-state index in [1.54, 1.807) is 11.3 Å². The van der Waals surface area contributed by atoms with Crippen molar-refractivity contribution in [2.45, 2.75) is 52.4 Å². The molecule has 9 nitrogen and oxygen atoms in total. The van der Waals surface area contributed by atoms with Crippen LogP contribution in [0, 0.1) is 5.92 Å². The van der Waals surface area contributed by atoms with Crippen LogP contribution in [0.5, 0.6) is 0 Å². The van der Waals surface area contributed by atoms with Crippen LogP contribution in [0.25, 0.3) is 15.8 Å². The second-order valence-electron chi connectivity index (χ2n) is 9.87. The molecule has 2 atom stereocenters. The minimum absolute atomic E-state index is 0.0778. The fourth-order valence-electron chi connectivity index (χ4n) is 3.93. The number of rotatable bonds is 9. The molecule has 2 unspecified atom stereocenters. The number of ether oxygens (including phenoxy) is 1. The number of guanidine groups is 1. The molecule has 0 aliphatic carbocycles. The summed E-state index contributed by atoms with van der Waals surface area (Å²) in [5.74, 6) is 1.38. The Kier molecular flexibility index (Phi) is 10.7. The van der Waals surface area contributed by atoms with E-state index in [0.29, 0.717) is 19.1 Å². The number of thiazole rings is 1. The third-order valence-corrected chi connectivity index (χ3v) is 7.29. The number of benzene rings is 1. The number of aliphatic hydroxyl groups is 3. The number of likely N-dealkylation sites (N-methyl/N-ethyl adjacent to an activating group) is 1. The van der Waals surface area contributed by atoms with Crippen molar-refractivity contribution >= 4 is 33.1 Å². The molecule has 0 radical (unpaired) electrons. The molecule has 0 bridgehead atoms. The summed E-state index contributed by atoms with van der Waals surface area (Å²) in [7, 11) is 2.05. The molecule has 3 heterocycles. The molecule has 2 aliphatic rings.